The number of rotatable bonds is 8. The van der Waals surface area contributed by atoms with Crippen molar-refractivity contribution in [2.24, 2.45) is 0 Å². The molecule has 0 spiro atoms. The maximum absolute atomic E-state index is 12.3. The molecule has 0 aliphatic carbocycles. The largest absolute Gasteiger partial charge is 0.497 e. The van der Waals surface area contributed by atoms with Crippen LogP contribution in [0.15, 0.2) is 73.1 Å². The number of nitrogens with one attached hydrogen (secondary N) is 1. The Morgan fingerprint density at radius 1 is 1.17 bits per heavy atom. The summed E-state index contributed by atoms with van der Waals surface area (Å²) in [6.07, 6.45) is 6.92. The van der Waals surface area contributed by atoms with Crippen molar-refractivity contribution in [2.45, 2.75) is 6.04 Å². The number of likely N-dealkylation sites (N-methyl/N-ethyl adjacent to an activating group) is 1. The van der Waals surface area contributed by atoms with E-state index in [4.69, 9.17) is 4.74 Å². The van der Waals surface area contributed by atoms with Gasteiger partial charge in [0.2, 0.25) is 5.91 Å². The molecule has 0 aliphatic rings. The SMILES string of the molecule is COc1ccc(C(CNC(=O)/C=C/c2cnn(-c3ccccc3)c2)N(C)C)cc1. The first kappa shape index (κ1) is 20.4. The second-order valence-electron chi connectivity index (χ2n) is 6.88. The molecule has 1 amide bonds. The minimum absolute atomic E-state index is 0.0686. The third kappa shape index (κ3) is 5.56. The molecule has 0 fully saturated rings. The Balaban J connectivity index is 1.58. The van der Waals surface area contributed by atoms with Gasteiger partial charge in [-0.1, -0.05) is 30.3 Å². The summed E-state index contributed by atoms with van der Waals surface area (Å²) >= 11 is 0. The summed E-state index contributed by atoms with van der Waals surface area (Å²) in [6.45, 7) is 0.506. The topological polar surface area (TPSA) is 59.4 Å². The van der Waals surface area contributed by atoms with Gasteiger partial charge in [-0.05, 0) is 50.0 Å². The number of aromatic nitrogens is 2. The van der Waals surface area contributed by atoms with Gasteiger partial charge in [-0.25, -0.2) is 4.68 Å². The Morgan fingerprint density at radius 2 is 1.90 bits per heavy atom. The summed E-state index contributed by atoms with van der Waals surface area (Å²) in [5.74, 6) is 0.673. The van der Waals surface area contributed by atoms with Crippen LogP contribution >= 0.6 is 0 Å². The highest BCUT2D eigenvalue weighted by Crippen LogP contribution is 2.20. The van der Waals surface area contributed by atoms with E-state index in [2.05, 4.69) is 15.3 Å². The van der Waals surface area contributed by atoms with Crippen molar-refractivity contribution in [3.63, 3.8) is 0 Å². The van der Waals surface area contributed by atoms with Crippen LogP contribution in [0.5, 0.6) is 5.75 Å². The van der Waals surface area contributed by atoms with Gasteiger partial charge in [0.1, 0.15) is 5.75 Å². The van der Waals surface area contributed by atoms with Crippen LogP contribution in [0, 0.1) is 0 Å². The van der Waals surface area contributed by atoms with E-state index in [9.17, 15) is 4.79 Å². The highest BCUT2D eigenvalue weighted by atomic mass is 16.5. The average molecular weight is 390 g/mol. The standard InChI is InChI=1S/C23H26N4O2/c1-26(2)22(19-10-12-21(29-3)13-11-19)16-24-23(28)14-9-18-15-25-27(17-18)20-7-5-4-6-8-20/h4-15,17,22H,16H2,1-3H3,(H,24,28)/b14-9+. The van der Waals surface area contributed by atoms with Crippen LogP contribution in [0.3, 0.4) is 0 Å². The molecule has 1 aromatic heterocycles. The minimum Gasteiger partial charge on any atom is -0.497 e. The average Bonchev–Trinajstić information content (AvgIpc) is 3.22. The number of hydrogen-bond donors (Lipinski definition) is 1. The van der Waals surface area contributed by atoms with Gasteiger partial charge in [0, 0.05) is 24.4 Å². The van der Waals surface area contributed by atoms with Crippen LogP contribution in [0.25, 0.3) is 11.8 Å². The van der Waals surface area contributed by atoms with E-state index in [0.717, 1.165) is 22.6 Å². The number of hydrogen-bond acceptors (Lipinski definition) is 4. The van der Waals surface area contributed by atoms with Crippen molar-refractivity contribution in [1.82, 2.24) is 20.0 Å². The molecule has 3 aromatic rings. The predicted octanol–water partition coefficient (Wildman–Crippen LogP) is 3.31. The monoisotopic (exact) mass is 390 g/mol. The maximum Gasteiger partial charge on any atom is 0.244 e. The van der Waals surface area contributed by atoms with Crippen molar-refractivity contribution in [1.29, 1.82) is 0 Å². The Labute approximate surface area is 171 Å². The van der Waals surface area contributed by atoms with Crippen LogP contribution in [-0.4, -0.2) is 48.3 Å². The lowest BCUT2D eigenvalue weighted by Gasteiger charge is -2.25. The Morgan fingerprint density at radius 3 is 2.55 bits per heavy atom. The first-order valence-corrected chi connectivity index (χ1v) is 9.43. The van der Waals surface area contributed by atoms with E-state index in [-0.39, 0.29) is 11.9 Å². The molecule has 0 aliphatic heterocycles. The lowest BCUT2D eigenvalue weighted by molar-refractivity contribution is -0.116. The fourth-order valence-electron chi connectivity index (χ4n) is 3.00. The molecule has 150 valence electrons. The molecular weight excluding hydrogens is 364 g/mol. The summed E-state index contributed by atoms with van der Waals surface area (Å²) in [7, 11) is 5.64. The summed E-state index contributed by atoms with van der Waals surface area (Å²) in [5.41, 5.74) is 2.96. The Hall–Kier alpha value is -3.38. The summed E-state index contributed by atoms with van der Waals surface area (Å²) in [4.78, 5) is 14.4. The smallest absolute Gasteiger partial charge is 0.244 e. The highest BCUT2D eigenvalue weighted by Gasteiger charge is 2.14. The number of para-hydroxylation sites is 1. The van der Waals surface area contributed by atoms with Gasteiger partial charge in [-0.2, -0.15) is 5.10 Å². The molecule has 29 heavy (non-hydrogen) atoms. The van der Waals surface area contributed by atoms with Gasteiger partial charge in [0.15, 0.2) is 0 Å². The number of benzene rings is 2. The lowest BCUT2D eigenvalue weighted by atomic mass is 10.1. The third-order valence-corrected chi connectivity index (χ3v) is 4.64. The quantitative estimate of drug-likeness (QED) is 0.600. The van der Waals surface area contributed by atoms with Crippen LogP contribution in [0.4, 0.5) is 0 Å². The molecule has 2 aromatic carbocycles. The maximum atomic E-state index is 12.3. The summed E-state index contributed by atoms with van der Waals surface area (Å²) in [6, 6.07) is 17.8. The van der Waals surface area contributed by atoms with Crippen molar-refractivity contribution in [3.05, 3.63) is 84.2 Å². The first-order chi connectivity index (χ1) is 14.1. The normalized spacial score (nSPS) is 12.3. The molecule has 6 nitrogen and oxygen atoms in total. The van der Waals surface area contributed by atoms with E-state index in [1.165, 1.54) is 6.08 Å². The van der Waals surface area contributed by atoms with Crippen molar-refractivity contribution < 1.29 is 9.53 Å². The van der Waals surface area contributed by atoms with E-state index < -0.39 is 0 Å². The van der Waals surface area contributed by atoms with Crippen LogP contribution < -0.4 is 10.1 Å². The van der Waals surface area contributed by atoms with E-state index >= 15 is 0 Å². The fraction of sp³-hybridized carbons (Fsp3) is 0.217. The first-order valence-electron chi connectivity index (χ1n) is 9.43. The van der Waals surface area contributed by atoms with Gasteiger partial charge in [0.25, 0.3) is 0 Å². The second kappa shape index (κ2) is 9.71. The number of methoxy groups -OCH3 is 1. The third-order valence-electron chi connectivity index (χ3n) is 4.64. The molecule has 3 rings (SSSR count). The number of amides is 1. The highest BCUT2D eigenvalue weighted by molar-refractivity contribution is 5.91. The minimum atomic E-state index is -0.141. The Kier molecular flexibility index (Phi) is 6.81. The number of carbonyl (C=O) groups is 1. The van der Waals surface area contributed by atoms with E-state index in [0.29, 0.717) is 6.54 Å². The van der Waals surface area contributed by atoms with Gasteiger partial charge in [0.05, 0.1) is 25.0 Å². The molecule has 1 heterocycles. The number of carbonyl (C=O) groups excluding carboxylic acids is 1. The van der Waals surface area contributed by atoms with Gasteiger partial charge < -0.3 is 15.0 Å². The van der Waals surface area contributed by atoms with E-state index in [1.54, 1.807) is 24.1 Å². The molecule has 0 saturated carbocycles. The van der Waals surface area contributed by atoms with E-state index in [1.807, 2.05) is 74.9 Å². The lowest BCUT2D eigenvalue weighted by Crippen LogP contribution is -2.33. The molecule has 1 atom stereocenters. The summed E-state index contributed by atoms with van der Waals surface area (Å²) < 4.78 is 6.99. The van der Waals surface area contributed by atoms with Crippen LogP contribution in [0.2, 0.25) is 0 Å². The number of ether oxygens (including phenoxy) is 1. The zero-order chi connectivity index (χ0) is 20.6. The molecule has 1 N–H and O–H groups in total. The molecule has 1 unspecified atom stereocenters. The van der Waals surface area contributed by atoms with Crippen molar-refractivity contribution >= 4 is 12.0 Å². The van der Waals surface area contributed by atoms with Gasteiger partial charge >= 0.3 is 0 Å². The van der Waals surface area contributed by atoms with Gasteiger partial charge in [-0.3, -0.25) is 4.79 Å². The fourth-order valence-corrected chi connectivity index (χ4v) is 3.00. The second-order valence-corrected chi connectivity index (χ2v) is 6.88. The van der Waals surface area contributed by atoms with Crippen LogP contribution in [-0.2, 0) is 4.79 Å². The molecule has 0 radical (unpaired) electrons. The molecular formula is C23H26N4O2. The molecule has 0 saturated heterocycles. The molecule has 6 heteroatoms. The zero-order valence-corrected chi connectivity index (χ0v) is 16.9. The van der Waals surface area contributed by atoms with Crippen LogP contribution in [0.1, 0.15) is 17.2 Å². The van der Waals surface area contributed by atoms with Crippen molar-refractivity contribution in [2.75, 3.05) is 27.7 Å². The number of nitrogens with zero attached hydrogens (tertiary/aromatic N) is 3. The summed E-state index contributed by atoms with van der Waals surface area (Å²) in [5, 5.41) is 7.31. The zero-order valence-electron chi connectivity index (χ0n) is 16.9. The predicted molar refractivity (Wildman–Crippen MR) is 115 cm³/mol. The van der Waals surface area contributed by atoms with Gasteiger partial charge in [-0.15, -0.1) is 0 Å². The van der Waals surface area contributed by atoms with Crippen molar-refractivity contribution in [3.8, 4) is 11.4 Å². The molecule has 0 bridgehead atoms. The Bertz CT molecular complexity index is 947.